The van der Waals surface area contributed by atoms with Crippen molar-refractivity contribution in [3.8, 4) is 28.4 Å². The predicted molar refractivity (Wildman–Crippen MR) is 157 cm³/mol. The van der Waals surface area contributed by atoms with Crippen LogP contribution in [0.5, 0.6) is 5.75 Å². The van der Waals surface area contributed by atoms with Crippen LogP contribution >= 0.6 is 0 Å². The molecule has 40 heavy (non-hydrogen) atoms. The van der Waals surface area contributed by atoms with Crippen molar-refractivity contribution in [2.24, 2.45) is 0 Å². The van der Waals surface area contributed by atoms with E-state index in [1.165, 1.54) is 0 Å². The topological polar surface area (TPSA) is 55.9 Å². The third-order valence-corrected chi connectivity index (χ3v) is 7.38. The van der Waals surface area contributed by atoms with Gasteiger partial charge in [-0.2, -0.15) is 0 Å². The number of benzene rings is 4. The van der Waals surface area contributed by atoms with E-state index in [1.54, 1.807) is 6.07 Å². The van der Waals surface area contributed by atoms with Crippen LogP contribution < -0.4 is 0 Å². The number of nitrogens with zero attached hydrogens (tertiary/aromatic N) is 4. The zero-order chi connectivity index (χ0) is 25.9. The molecule has 0 unspecified atom stereocenters. The number of hydrogen-bond acceptors (Lipinski definition) is 3. The molecular formula is C34H21N4OPt-. The predicted octanol–water partition coefficient (Wildman–Crippen LogP) is 7.84. The maximum Gasteiger partial charge on any atom is 0.146 e. The van der Waals surface area contributed by atoms with Crippen molar-refractivity contribution in [3.05, 3.63) is 128 Å². The van der Waals surface area contributed by atoms with Crippen LogP contribution in [0.4, 0.5) is 0 Å². The summed E-state index contributed by atoms with van der Waals surface area (Å²) in [7, 11) is 0. The molecule has 6 heteroatoms. The largest absolute Gasteiger partial charge is 0.517 e. The second kappa shape index (κ2) is 9.48. The summed E-state index contributed by atoms with van der Waals surface area (Å²) in [6.45, 7) is 0. The van der Waals surface area contributed by atoms with Crippen LogP contribution in [-0.2, 0) is 21.1 Å². The normalized spacial score (nSPS) is 11.4. The van der Waals surface area contributed by atoms with Crippen molar-refractivity contribution in [1.82, 2.24) is 19.1 Å². The Labute approximate surface area is 244 Å². The number of phenols is 1. The molecule has 0 saturated carbocycles. The van der Waals surface area contributed by atoms with Gasteiger partial charge in [0, 0.05) is 48.8 Å². The minimum atomic E-state index is 0. The van der Waals surface area contributed by atoms with Crippen molar-refractivity contribution < 1.29 is 26.2 Å². The first-order valence-corrected chi connectivity index (χ1v) is 12.8. The molecule has 4 heterocycles. The maximum absolute atomic E-state index is 10.5. The summed E-state index contributed by atoms with van der Waals surface area (Å²) in [5, 5.41) is 14.9. The van der Waals surface area contributed by atoms with Crippen LogP contribution in [0.1, 0.15) is 0 Å². The molecule has 0 saturated heterocycles. The number of pyridine rings is 2. The third-order valence-electron chi connectivity index (χ3n) is 7.38. The maximum atomic E-state index is 10.5. The molecule has 0 radical (unpaired) electrons. The van der Waals surface area contributed by atoms with E-state index in [0.717, 1.165) is 66.5 Å². The molecule has 5 nitrogen and oxygen atoms in total. The van der Waals surface area contributed by atoms with Gasteiger partial charge in [0.2, 0.25) is 0 Å². The summed E-state index contributed by atoms with van der Waals surface area (Å²) in [5.74, 6) is 1.03. The van der Waals surface area contributed by atoms with Crippen molar-refractivity contribution in [3.63, 3.8) is 0 Å². The first-order valence-electron chi connectivity index (χ1n) is 12.8. The van der Waals surface area contributed by atoms with E-state index in [-0.39, 0.29) is 26.8 Å². The first-order chi connectivity index (χ1) is 19.3. The smallest absolute Gasteiger partial charge is 0.146 e. The average Bonchev–Trinajstić information content (AvgIpc) is 3.50. The van der Waals surface area contributed by atoms with Crippen LogP contribution in [0.25, 0.3) is 66.5 Å². The Hall–Kier alpha value is -4.73. The third kappa shape index (κ3) is 3.59. The van der Waals surface area contributed by atoms with Gasteiger partial charge < -0.3 is 9.67 Å². The summed E-state index contributed by atoms with van der Waals surface area (Å²) in [6, 6.07) is 41.9. The Balaban J connectivity index is 0.00000264. The van der Waals surface area contributed by atoms with Gasteiger partial charge in [-0.1, -0.05) is 60.2 Å². The molecule has 0 fully saturated rings. The van der Waals surface area contributed by atoms with E-state index in [1.807, 2.05) is 60.8 Å². The fraction of sp³-hybridized carbons (Fsp3) is 0. The van der Waals surface area contributed by atoms with Gasteiger partial charge in [-0.25, -0.2) is 9.97 Å². The Morgan fingerprint density at radius 2 is 1.25 bits per heavy atom. The molecule has 0 aliphatic rings. The van der Waals surface area contributed by atoms with Gasteiger partial charge in [0.15, 0.2) is 0 Å². The number of hydrogen-bond donors (Lipinski definition) is 1. The quantitative estimate of drug-likeness (QED) is 0.192. The SMILES string of the molecule is Oc1ccccc1-c1[c-]c(-n2c3ccccc3c3ccc(-n4c5ccccc5c5cccnc54)nc32)ccc1.[Pt]. The summed E-state index contributed by atoms with van der Waals surface area (Å²) < 4.78 is 4.28. The molecule has 4 aromatic heterocycles. The number of aromatic hydroxyl groups is 1. The fourth-order valence-corrected chi connectivity index (χ4v) is 5.67. The number of fused-ring (bicyclic) bond motifs is 6. The second-order valence-corrected chi connectivity index (χ2v) is 9.59. The minimum absolute atomic E-state index is 0. The van der Waals surface area contributed by atoms with Gasteiger partial charge in [0.05, 0.1) is 16.8 Å². The van der Waals surface area contributed by atoms with E-state index >= 15 is 0 Å². The Bertz CT molecular complexity index is 2160. The van der Waals surface area contributed by atoms with Crippen LogP contribution in [0, 0.1) is 6.07 Å². The monoisotopic (exact) mass is 696 g/mol. The molecule has 0 aliphatic heterocycles. The van der Waals surface area contributed by atoms with E-state index < -0.39 is 0 Å². The number of para-hydroxylation sites is 3. The van der Waals surface area contributed by atoms with E-state index in [9.17, 15) is 5.11 Å². The minimum Gasteiger partial charge on any atom is -0.517 e. The van der Waals surface area contributed by atoms with Crippen LogP contribution in [-0.4, -0.2) is 24.2 Å². The van der Waals surface area contributed by atoms with E-state index in [4.69, 9.17) is 9.97 Å². The zero-order valence-corrected chi connectivity index (χ0v) is 23.4. The average molecular weight is 697 g/mol. The molecule has 4 aromatic carbocycles. The number of rotatable bonds is 3. The standard InChI is InChI=1S/C34H21N4O.Pt/c39-31-17-6-3-11-24(31)22-9-7-10-23(21-22)37-29-15-4-1-13-26(29)28-18-19-32(36-34(28)37)38-30-16-5-2-12-25(30)27-14-8-20-35-33(27)38;/h1-20,39H;/q-1;. The Morgan fingerprint density at radius 1 is 0.575 bits per heavy atom. The molecule has 8 aromatic rings. The Kier molecular flexibility index (Phi) is 5.76. The first kappa shape index (κ1) is 24.3. The van der Waals surface area contributed by atoms with Crippen molar-refractivity contribution in [1.29, 1.82) is 0 Å². The number of aromatic nitrogens is 4. The molecule has 0 aliphatic carbocycles. The number of phenolic OH excluding ortho intramolecular Hbond substituents is 1. The van der Waals surface area contributed by atoms with Gasteiger partial charge >= 0.3 is 0 Å². The molecular weight excluding hydrogens is 675 g/mol. The molecule has 0 atom stereocenters. The van der Waals surface area contributed by atoms with Crippen molar-refractivity contribution >= 4 is 43.9 Å². The van der Waals surface area contributed by atoms with Gasteiger partial charge in [0.1, 0.15) is 17.1 Å². The summed E-state index contributed by atoms with van der Waals surface area (Å²) >= 11 is 0. The van der Waals surface area contributed by atoms with E-state index in [2.05, 4.69) is 69.8 Å². The van der Waals surface area contributed by atoms with Crippen molar-refractivity contribution in [2.45, 2.75) is 0 Å². The van der Waals surface area contributed by atoms with Gasteiger partial charge in [-0.3, -0.25) is 4.57 Å². The summed E-state index contributed by atoms with van der Waals surface area (Å²) in [4.78, 5) is 10.0. The van der Waals surface area contributed by atoms with E-state index in [0.29, 0.717) is 0 Å². The van der Waals surface area contributed by atoms with Gasteiger partial charge in [-0.15, -0.1) is 29.8 Å². The molecule has 0 amide bonds. The zero-order valence-electron chi connectivity index (χ0n) is 21.1. The molecule has 8 rings (SSSR count). The van der Waals surface area contributed by atoms with Crippen LogP contribution in [0.15, 0.2) is 121 Å². The summed E-state index contributed by atoms with van der Waals surface area (Å²) in [5.41, 5.74) is 6.23. The Morgan fingerprint density at radius 3 is 2.05 bits per heavy atom. The second-order valence-electron chi connectivity index (χ2n) is 9.59. The van der Waals surface area contributed by atoms with Gasteiger partial charge in [-0.05, 0) is 48.2 Å². The molecule has 1 N–H and O–H groups in total. The molecule has 0 bridgehead atoms. The molecule has 0 spiro atoms. The van der Waals surface area contributed by atoms with Gasteiger partial charge in [0.25, 0.3) is 0 Å². The van der Waals surface area contributed by atoms with Crippen LogP contribution in [0.3, 0.4) is 0 Å². The fourth-order valence-electron chi connectivity index (χ4n) is 5.67. The summed E-state index contributed by atoms with van der Waals surface area (Å²) in [6.07, 6.45) is 1.83. The molecule has 194 valence electrons. The van der Waals surface area contributed by atoms with Crippen LogP contribution in [0.2, 0.25) is 0 Å². The van der Waals surface area contributed by atoms with Crippen molar-refractivity contribution in [2.75, 3.05) is 0 Å².